The number of nitrogens with one attached hydrogen (secondary N) is 1. The Morgan fingerprint density at radius 2 is 1.73 bits per heavy atom. The third-order valence-corrected chi connectivity index (χ3v) is 4.54. The summed E-state index contributed by atoms with van der Waals surface area (Å²) >= 11 is 0. The number of para-hydroxylation sites is 1. The molecular formula is C21H19N. The lowest BCUT2D eigenvalue weighted by Gasteiger charge is -2.14. The van der Waals surface area contributed by atoms with Crippen LogP contribution in [0.2, 0.25) is 0 Å². The maximum Gasteiger partial charge on any atom is 0.0503 e. The Kier molecular flexibility index (Phi) is 3.19. The zero-order valence-corrected chi connectivity index (χ0v) is 12.7. The van der Waals surface area contributed by atoms with E-state index < -0.39 is 0 Å². The Bertz CT molecular complexity index is 865. The highest BCUT2D eigenvalue weighted by Gasteiger charge is 2.20. The van der Waals surface area contributed by atoms with Crippen molar-refractivity contribution in [2.45, 2.75) is 19.3 Å². The van der Waals surface area contributed by atoms with Crippen molar-refractivity contribution in [2.75, 3.05) is 0 Å². The van der Waals surface area contributed by atoms with Gasteiger partial charge in [-0.05, 0) is 29.2 Å². The van der Waals surface area contributed by atoms with Gasteiger partial charge in [0.1, 0.15) is 0 Å². The van der Waals surface area contributed by atoms with Gasteiger partial charge in [-0.3, -0.25) is 0 Å². The molecule has 1 aliphatic carbocycles. The Labute approximate surface area is 131 Å². The third kappa shape index (κ3) is 2.10. The first kappa shape index (κ1) is 13.1. The number of H-pyrrole nitrogens is 1. The van der Waals surface area contributed by atoms with Crippen LogP contribution < -0.4 is 0 Å². The van der Waals surface area contributed by atoms with Crippen LogP contribution in [0.3, 0.4) is 0 Å². The molecule has 1 heteroatoms. The summed E-state index contributed by atoms with van der Waals surface area (Å²) < 4.78 is 0. The highest BCUT2D eigenvalue weighted by molar-refractivity contribution is 5.92. The van der Waals surface area contributed by atoms with Gasteiger partial charge in [-0.2, -0.15) is 0 Å². The minimum atomic E-state index is 0.394. The molecule has 22 heavy (non-hydrogen) atoms. The topological polar surface area (TPSA) is 15.8 Å². The van der Waals surface area contributed by atoms with E-state index in [2.05, 4.69) is 84.7 Å². The van der Waals surface area contributed by atoms with E-state index in [1.807, 2.05) is 0 Å². The predicted octanol–water partition coefficient (Wildman–Crippen LogP) is 5.82. The second-order valence-electron chi connectivity index (χ2n) is 5.89. The zero-order chi connectivity index (χ0) is 14.9. The van der Waals surface area contributed by atoms with Crippen LogP contribution in [0.1, 0.15) is 24.8 Å². The first-order valence-corrected chi connectivity index (χ1v) is 7.87. The lowest BCUT2D eigenvalue weighted by Crippen LogP contribution is -1.97. The van der Waals surface area contributed by atoms with Crippen molar-refractivity contribution in [1.29, 1.82) is 0 Å². The summed E-state index contributed by atoms with van der Waals surface area (Å²) in [6.07, 6.45) is 7.90. The summed E-state index contributed by atoms with van der Waals surface area (Å²) in [5.41, 5.74) is 6.53. The number of fused-ring (bicyclic) bond motifs is 1. The van der Waals surface area contributed by atoms with E-state index in [1.165, 1.54) is 33.3 Å². The van der Waals surface area contributed by atoms with E-state index in [9.17, 15) is 0 Å². The van der Waals surface area contributed by atoms with Crippen molar-refractivity contribution in [2.24, 2.45) is 0 Å². The molecule has 0 amide bonds. The van der Waals surface area contributed by atoms with Crippen molar-refractivity contribution >= 4 is 10.9 Å². The molecule has 1 aromatic heterocycles. The Balaban J connectivity index is 1.96. The first-order chi connectivity index (χ1) is 10.8. The highest BCUT2D eigenvalue weighted by Crippen LogP contribution is 2.39. The number of allylic oxidation sites excluding steroid dienone is 4. The Morgan fingerprint density at radius 1 is 0.955 bits per heavy atom. The van der Waals surface area contributed by atoms with Gasteiger partial charge in [0.05, 0.1) is 5.69 Å². The smallest absolute Gasteiger partial charge is 0.0503 e. The maximum absolute atomic E-state index is 3.63. The molecule has 4 rings (SSSR count). The van der Waals surface area contributed by atoms with Gasteiger partial charge in [0, 0.05) is 16.8 Å². The van der Waals surface area contributed by atoms with Crippen molar-refractivity contribution in [3.8, 4) is 11.3 Å². The summed E-state index contributed by atoms with van der Waals surface area (Å²) in [7, 11) is 0. The molecule has 1 nitrogen and oxygen atoms in total. The standard InChI is InChI=1S/C21H19N/c1-15(16-9-5-6-10-16)20-18-13-7-8-14-19(18)22-21(20)17-11-3-2-4-12-17/h2-5,7-15,22H,6H2,1H3. The van der Waals surface area contributed by atoms with E-state index in [4.69, 9.17) is 0 Å². The zero-order valence-electron chi connectivity index (χ0n) is 12.7. The van der Waals surface area contributed by atoms with Crippen molar-refractivity contribution in [3.05, 3.63) is 84.0 Å². The average Bonchev–Trinajstić information content (AvgIpc) is 3.23. The molecule has 0 bridgehead atoms. The number of aromatic amines is 1. The fraction of sp³-hybridized carbons (Fsp3) is 0.143. The Morgan fingerprint density at radius 3 is 2.50 bits per heavy atom. The van der Waals surface area contributed by atoms with E-state index in [-0.39, 0.29) is 0 Å². The fourth-order valence-electron chi connectivity index (χ4n) is 3.41. The van der Waals surface area contributed by atoms with Gasteiger partial charge in [0.15, 0.2) is 0 Å². The van der Waals surface area contributed by atoms with Gasteiger partial charge >= 0.3 is 0 Å². The number of hydrogen-bond acceptors (Lipinski definition) is 0. The minimum absolute atomic E-state index is 0.394. The quantitative estimate of drug-likeness (QED) is 0.623. The monoisotopic (exact) mass is 285 g/mol. The third-order valence-electron chi connectivity index (χ3n) is 4.54. The lowest BCUT2D eigenvalue weighted by molar-refractivity contribution is 0.935. The molecule has 3 aromatic rings. The van der Waals surface area contributed by atoms with Crippen LogP contribution in [-0.2, 0) is 0 Å². The number of rotatable bonds is 3. The van der Waals surface area contributed by atoms with Crippen LogP contribution in [0.15, 0.2) is 78.4 Å². The molecule has 0 spiro atoms. The van der Waals surface area contributed by atoms with Crippen LogP contribution in [-0.4, -0.2) is 4.98 Å². The summed E-state index contributed by atoms with van der Waals surface area (Å²) in [4.78, 5) is 3.63. The molecular weight excluding hydrogens is 266 g/mol. The SMILES string of the molecule is CC(C1=CCC=C1)c1c(-c2ccccc2)[nH]c2ccccc12. The van der Waals surface area contributed by atoms with Crippen LogP contribution in [0.25, 0.3) is 22.2 Å². The molecule has 1 heterocycles. The van der Waals surface area contributed by atoms with Crippen LogP contribution in [0.5, 0.6) is 0 Å². The average molecular weight is 285 g/mol. The molecule has 1 atom stereocenters. The highest BCUT2D eigenvalue weighted by atomic mass is 14.7. The molecule has 0 aliphatic heterocycles. The molecule has 1 aliphatic rings. The number of aromatic nitrogens is 1. The van der Waals surface area contributed by atoms with Crippen LogP contribution >= 0.6 is 0 Å². The molecule has 0 saturated carbocycles. The fourth-order valence-corrected chi connectivity index (χ4v) is 3.41. The van der Waals surface area contributed by atoms with E-state index in [0.29, 0.717) is 5.92 Å². The largest absolute Gasteiger partial charge is 0.354 e. The molecule has 108 valence electrons. The van der Waals surface area contributed by atoms with Crippen LogP contribution in [0.4, 0.5) is 0 Å². The van der Waals surface area contributed by atoms with Crippen LogP contribution in [0, 0.1) is 0 Å². The van der Waals surface area contributed by atoms with Gasteiger partial charge in [-0.25, -0.2) is 0 Å². The second kappa shape index (κ2) is 5.34. The first-order valence-electron chi connectivity index (χ1n) is 7.87. The summed E-state index contributed by atoms with van der Waals surface area (Å²) in [6.45, 7) is 2.31. The van der Waals surface area contributed by atoms with Gasteiger partial charge in [-0.15, -0.1) is 0 Å². The summed E-state index contributed by atoms with van der Waals surface area (Å²) in [5, 5.41) is 1.33. The lowest BCUT2D eigenvalue weighted by atomic mass is 9.89. The predicted molar refractivity (Wildman–Crippen MR) is 94.0 cm³/mol. The minimum Gasteiger partial charge on any atom is -0.354 e. The summed E-state index contributed by atoms with van der Waals surface area (Å²) in [6, 6.07) is 19.2. The maximum atomic E-state index is 3.63. The molecule has 0 fully saturated rings. The van der Waals surface area contributed by atoms with E-state index in [1.54, 1.807) is 0 Å². The van der Waals surface area contributed by atoms with E-state index in [0.717, 1.165) is 6.42 Å². The normalized spacial score (nSPS) is 15.2. The van der Waals surface area contributed by atoms with Gasteiger partial charge < -0.3 is 4.98 Å². The summed E-state index contributed by atoms with van der Waals surface area (Å²) in [5.74, 6) is 0.394. The van der Waals surface area contributed by atoms with Gasteiger partial charge in [0.2, 0.25) is 0 Å². The molecule has 2 aromatic carbocycles. The van der Waals surface area contributed by atoms with Crippen molar-refractivity contribution in [3.63, 3.8) is 0 Å². The number of benzene rings is 2. The molecule has 1 unspecified atom stereocenters. The van der Waals surface area contributed by atoms with Gasteiger partial charge in [0.25, 0.3) is 0 Å². The number of hydrogen-bond donors (Lipinski definition) is 1. The van der Waals surface area contributed by atoms with Crippen molar-refractivity contribution in [1.82, 2.24) is 4.98 Å². The molecule has 1 N–H and O–H groups in total. The van der Waals surface area contributed by atoms with E-state index >= 15 is 0 Å². The molecule has 0 saturated heterocycles. The second-order valence-corrected chi connectivity index (χ2v) is 5.89. The molecule has 0 radical (unpaired) electrons. The Hall–Kier alpha value is -2.54. The van der Waals surface area contributed by atoms with Crippen molar-refractivity contribution < 1.29 is 0 Å². The van der Waals surface area contributed by atoms with Gasteiger partial charge in [-0.1, -0.05) is 73.7 Å².